The zero-order chi connectivity index (χ0) is 23.0. The predicted molar refractivity (Wildman–Crippen MR) is 123 cm³/mol. The lowest BCUT2D eigenvalue weighted by Crippen LogP contribution is -2.39. The molecule has 0 saturated carbocycles. The molecule has 0 spiro atoms. The first kappa shape index (κ1) is 24.8. The molecule has 1 aromatic carbocycles. The molecule has 0 unspecified atom stereocenters. The number of likely N-dealkylation sites (tertiary alicyclic amines) is 1. The van der Waals surface area contributed by atoms with Crippen molar-refractivity contribution in [2.45, 2.75) is 65.5 Å². The maximum absolute atomic E-state index is 12.7. The molecular formula is C25H38N2O4. The molecule has 2 rings (SSSR count). The molecule has 1 saturated heterocycles. The van der Waals surface area contributed by atoms with Crippen molar-refractivity contribution in [2.75, 3.05) is 19.7 Å². The fourth-order valence-corrected chi connectivity index (χ4v) is 3.73. The topological polar surface area (TPSA) is 67.9 Å². The lowest BCUT2D eigenvalue weighted by molar-refractivity contribution is -0.132. The van der Waals surface area contributed by atoms with E-state index in [9.17, 15) is 9.59 Å². The number of hydrogen-bond acceptors (Lipinski definition) is 4. The van der Waals surface area contributed by atoms with Gasteiger partial charge in [-0.3, -0.25) is 4.79 Å². The SMILES string of the molecule is C=CC[C@@H]1C[C@@H](COc2ccc(CCNC(=O)OC(C)(C)C)cc2)N(CC(C)C)C1=O. The number of nitrogens with zero attached hydrogens (tertiary/aromatic N) is 1. The van der Waals surface area contributed by atoms with Crippen LogP contribution in [0.4, 0.5) is 4.79 Å². The van der Waals surface area contributed by atoms with E-state index in [1.165, 1.54) is 0 Å². The minimum atomic E-state index is -0.497. The summed E-state index contributed by atoms with van der Waals surface area (Å²) in [5.41, 5.74) is 0.607. The number of carbonyl (C=O) groups excluding carboxylic acids is 2. The van der Waals surface area contributed by atoms with Crippen molar-refractivity contribution in [2.24, 2.45) is 11.8 Å². The second kappa shape index (κ2) is 11.2. The Morgan fingerprint density at radius 1 is 1.29 bits per heavy atom. The number of nitrogens with one attached hydrogen (secondary N) is 1. The molecule has 0 radical (unpaired) electrons. The first-order chi connectivity index (χ1) is 14.6. The van der Waals surface area contributed by atoms with Gasteiger partial charge in [0, 0.05) is 19.0 Å². The molecule has 2 atom stereocenters. The Morgan fingerprint density at radius 2 is 1.97 bits per heavy atom. The number of hydrogen-bond donors (Lipinski definition) is 1. The third-order valence-electron chi connectivity index (χ3n) is 5.09. The van der Waals surface area contributed by atoms with E-state index in [4.69, 9.17) is 9.47 Å². The molecule has 1 N–H and O–H groups in total. The first-order valence-electron chi connectivity index (χ1n) is 11.2. The van der Waals surface area contributed by atoms with E-state index in [-0.39, 0.29) is 17.9 Å². The maximum Gasteiger partial charge on any atom is 0.407 e. The van der Waals surface area contributed by atoms with Crippen LogP contribution in [0.2, 0.25) is 0 Å². The van der Waals surface area contributed by atoms with Crippen LogP contribution in [0.5, 0.6) is 5.75 Å². The highest BCUT2D eigenvalue weighted by Crippen LogP contribution is 2.29. The summed E-state index contributed by atoms with van der Waals surface area (Å²) < 4.78 is 11.3. The minimum Gasteiger partial charge on any atom is -0.491 e. The molecule has 1 heterocycles. The lowest BCUT2D eigenvalue weighted by atomic mass is 10.0. The summed E-state index contributed by atoms with van der Waals surface area (Å²) in [5, 5.41) is 2.77. The third kappa shape index (κ3) is 8.27. The van der Waals surface area contributed by atoms with E-state index in [0.29, 0.717) is 25.5 Å². The number of alkyl carbamates (subject to hydrolysis) is 1. The average Bonchev–Trinajstić information content (AvgIpc) is 2.95. The molecule has 6 heteroatoms. The van der Waals surface area contributed by atoms with Crippen LogP contribution in [0, 0.1) is 11.8 Å². The second-order valence-corrected chi connectivity index (χ2v) is 9.63. The van der Waals surface area contributed by atoms with Gasteiger partial charge >= 0.3 is 6.09 Å². The number of ether oxygens (including phenoxy) is 2. The minimum absolute atomic E-state index is 0.0182. The first-order valence-corrected chi connectivity index (χ1v) is 11.2. The fraction of sp³-hybridized carbons (Fsp3) is 0.600. The van der Waals surface area contributed by atoms with Gasteiger partial charge in [-0.25, -0.2) is 4.79 Å². The zero-order valence-corrected chi connectivity index (χ0v) is 19.6. The average molecular weight is 431 g/mol. The van der Waals surface area contributed by atoms with Gasteiger partial charge in [0.05, 0.1) is 6.04 Å². The number of amides is 2. The van der Waals surface area contributed by atoms with E-state index < -0.39 is 11.7 Å². The maximum atomic E-state index is 12.7. The van der Waals surface area contributed by atoms with Crippen LogP contribution < -0.4 is 10.1 Å². The molecule has 1 aromatic rings. The molecule has 2 amide bonds. The van der Waals surface area contributed by atoms with Gasteiger partial charge in [-0.2, -0.15) is 0 Å². The summed E-state index contributed by atoms with van der Waals surface area (Å²) in [6.07, 6.45) is 3.67. The largest absolute Gasteiger partial charge is 0.491 e. The number of carbonyl (C=O) groups is 2. The second-order valence-electron chi connectivity index (χ2n) is 9.63. The quantitative estimate of drug-likeness (QED) is 0.552. The van der Waals surface area contributed by atoms with Crippen LogP contribution in [0.25, 0.3) is 0 Å². The van der Waals surface area contributed by atoms with Crippen molar-refractivity contribution < 1.29 is 19.1 Å². The standard InChI is InChI=1S/C25H38N2O4/c1-7-8-20-15-21(27(23(20)28)16-18(2)3)17-30-22-11-9-19(10-12-22)13-14-26-24(29)31-25(4,5)6/h7,9-12,18,20-21H,1,8,13-17H2,2-6H3,(H,26,29)/t20-,21+/m1/s1. The van der Waals surface area contributed by atoms with Crippen LogP contribution in [0.15, 0.2) is 36.9 Å². The Hall–Kier alpha value is -2.50. The number of allylic oxidation sites excluding steroid dienone is 1. The van der Waals surface area contributed by atoms with Gasteiger partial charge < -0.3 is 19.7 Å². The smallest absolute Gasteiger partial charge is 0.407 e. The Kier molecular flexibility index (Phi) is 8.96. The van der Waals surface area contributed by atoms with Crippen LogP contribution in [-0.2, 0) is 16.0 Å². The van der Waals surface area contributed by atoms with Gasteiger partial charge in [-0.05, 0) is 63.6 Å². The van der Waals surface area contributed by atoms with Crippen molar-refractivity contribution in [3.05, 3.63) is 42.5 Å². The van der Waals surface area contributed by atoms with Gasteiger partial charge in [0.2, 0.25) is 5.91 Å². The summed E-state index contributed by atoms with van der Waals surface area (Å²) >= 11 is 0. The van der Waals surface area contributed by atoms with Crippen LogP contribution >= 0.6 is 0 Å². The predicted octanol–water partition coefficient (Wildman–Crippen LogP) is 4.58. The van der Waals surface area contributed by atoms with Gasteiger partial charge in [-0.1, -0.05) is 32.1 Å². The van der Waals surface area contributed by atoms with Gasteiger partial charge in [-0.15, -0.1) is 6.58 Å². The normalized spacial score (nSPS) is 18.9. The third-order valence-corrected chi connectivity index (χ3v) is 5.09. The Balaban J connectivity index is 1.83. The van der Waals surface area contributed by atoms with Gasteiger partial charge in [0.1, 0.15) is 18.0 Å². The van der Waals surface area contributed by atoms with Crippen molar-refractivity contribution in [1.29, 1.82) is 0 Å². The van der Waals surface area contributed by atoms with Crippen LogP contribution in [-0.4, -0.2) is 48.2 Å². The van der Waals surface area contributed by atoms with E-state index in [2.05, 4.69) is 25.7 Å². The van der Waals surface area contributed by atoms with E-state index in [0.717, 1.165) is 30.7 Å². The molecule has 1 aliphatic rings. The molecule has 1 fully saturated rings. The lowest BCUT2D eigenvalue weighted by Gasteiger charge is -2.26. The highest BCUT2D eigenvalue weighted by Gasteiger charge is 2.39. The Morgan fingerprint density at radius 3 is 2.55 bits per heavy atom. The zero-order valence-electron chi connectivity index (χ0n) is 19.6. The summed E-state index contributed by atoms with van der Waals surface area (Å²) in [6.45, 7) is 15.3. The van der Waals surface area contributed by atoms with Crippen molar-refractivity contribution in [1.82, 2.24) is 10.2 Å². The van der Waals surface area contributed by atoms with E-state index in [1.54, 1.807) is 0 Å². The highest BCUT2D eigenvalue weighted by molar-refractivity contribution is 5.81. The Labute approximate surface area is 187 Å². The monoisotopic (exact) mass is 430 g/mol. The molecule has 0 bridgehead atoms. The van der Waals surface area contributed by atoms with Crippen molar-refractivity contribution >= 4 is 12.0 Å². The van der Waals surface area contributed by atoms with E-state index >= 15 is 0 Å². The van der Waals surface area contributed by atoms with Crippen LogP contribution in [0.3, 0.4) is 0 Å². The summed E-state index contributed by atoms with van der Waals surface area (Å²) in [4.78, 5) is 26.4. The Bertz CT molecular complexity index is 737. The molecule has 0 aliphatic carbocycles. The van der Waals surface area contributed by atoms with Crippen molar-refractivity contribution in [3.63, 3.8) is 0 Å². The molecule has 31 heavy (non-hydrogen) atoms. The highest BCUT2D eigenvalue weighted by atomic mass is 16.6. The number of benzene rings is 1. The van der Waals surface area contributed by atoms with E-state index in [1.807, 2.05) is 56.0 Å². The fourth-order valence-electron chi connectivity index (χ4n) is 3.73. The van der Waals surface area contributed by atoms with Gasteiger partial charge in [0.15, 0.2) is 0 Å². The molecule has 6 nitrogen and oxygen atoms in total. The summed E-state index contributed by atoms with van der Waals surface area (Å²) in [5.74, 6) is 1.44. The molecule has 0 aromatic heterocycles. The molecule has 1 aliphatic heterocycles. The van der Waals surface area contributed by atoms with Crippen LogP contribution in [0.1, 0.15) is 53.0 Å². The van der Waals surface area contributed by atoms with Crippen molar-refractivity contribution in [3.8, 4) is 5.75 Å². The number of rotatable bonds is 10. The summed E-state index contributed by atoms with van der Waals surface area (Å²) in [7, 11) is 0. The summed E-state index contributed by atoms with van der Waals surface area (Å²) in [6, 6.07) is 7.97. The van der Waals surface area contributed by atoms with Gasteiger partial charge in [0.25, 0.3) is 0 Å². The molecule has 172 valence electrons. The molecular weight excluding hydrogens is 392 g/mol.